The second-order valence-electron chi connectivity index (χ2n) is 0.591. The molecule has 0 radical (unpaired) electrons. The van der Waals surface area contributed by atoms with Crippen LogP contribution in [0.5, 0.6) is 0 Å². The lowest BCUT2D eigenvalue weighted by Gasteiger charge is -1.81. The molecule has 0 bridgehead atoms. The van der Waals surface area contributed by atoms with Gasteiger partial charge in [0.1, 0.15) is 6.26 Å². The predicted octanol–water partition coefficient (Wildman–Crippen LogP) is 0.641. The van der Waals surface area contributed by atoms with Gasteiger partial charge in [0.25, 0.3) is 0 Å². The molecule has 0 amide bonds. The molecule has 5 heavy (non-hydrogen) atoms. The van der Waals surface area contributed by atoms with E-state index in [0.29, 0.717) is 0 Å². The van der Waals surface area contributed by atoms with Gasteiger partial charge in [-0.3, -0.25) is 0 Å². The molecule has 28 valence electrons. The predicted molar refractivity (Wildman–Crippen MR) is 21.0 cm³/mol. The topological polar surface area (TPSA) is 21.3 Å². The van der Waals surface area contributed by atoms with Gasteiger partial charge in [-0.15, -0.1) is 0 Å². The van der Waals surface area contributed by atoms with Crippen LogP contribution < -0.4 is 4.89 Å². The lowest BCUT2D eigenvalue weighted by molar-refractivity contribution is 0.224. The van der Waals surface area contributed by atoms with Crippen LogP contribution in [0.2, 0.25) is 0 Å². The molecule has 0 aliphatic carbocycles. The van der Waals surface area contributed by atoms with Crippen molar-refractivity contribution in [2.75, 3.05) is 0 Å². The zero-order chi connectivity index (χ0) is 3.54. The summed E-state index contributed by atoms with van der Waals surface area (Å²) >= 11 is 1.42. The summed E-state index contributed by atoms with van der Waals surface area (Å²) in [6.07, 6.45) is 1.59. The minimum atomic E-state index is 1.42. The highest BCUT2D eigenvalue weighted by Gasteiger charge is 1.82. The second-order valence-corrected chi connectivity index (χ2v) is 1.27. The average molecular weight is 89.1 g/mol. The summed E-state index contributed by atoms with van der Waals surface area (Å²) in [6, 6.07) is 0. The van der Waals surface area contributed by atoms with E-state index in [-0.39, 0.29) is 0 Å². The van der Waals surface area contributed by atoms with E-state index in [4.69, 9.17) is 0 Å². The van der Waals surface area contributed by atoms with E-state index in [1.165, 1.54) is 11.9 Å². The molecule has 0 aromatic rings. The van der Waals surface area contributed by atoms with E-state index in [1.54, 1.807) is 6.26 Å². The van der Waals surface area contributed by atoms with Crippen molar-refractivity contribution >= 4 is 11.9 Å². The third-order valence-electron chi connectivity index (χ3n) is 0.288. The SMILES string of the molecule is C1=CSNO1. The summed E-state index contributed by atoms with van der Waals surface area (Å²) < 4.78 is 0. The zero-order valence-corrected chi connectivity index (χ0v) is 3.29. The fraction of sp³-hybridized carbons (Fsp3) is 0. The van der Waals surface area contributed by atoms with Crippen LogP contribution in [0.25, 0.3) is 0 Å². The highest BCUT2D eigenvalue weighted by molar-refractivity contribution is 8.00. The van der Waals surface area contributed by atoms with Crippen molar-refractivity contribution in [2.24, 2.45) is 0 Å². The van der Waals surface area contributed by atoms with Gasteiger partial charge in [-0.1, -0.05) is 4.89 Å². The molecule has 0 unspecified atom stereocenters. The van der Waals surface area contributed by atoms with E-state index in [1.807, 2.05) is 5.41 Å². The molecule has 1 aliphatic heterocycles. The fourth-order valence-electron chi connectivity index (χ4n) is 0.139. The molecule has 0 aromatic carbocycles. The zero-order valence-electron chi connectivity index (χ0n) is 2.47. The van der Waals surface area contributed by atoms with Crippen molar-refractivity contribution < 1.29 is 4.84 Å². The Hall–Kier alpha value is -0.150. The van der Waals surface area contributed by atoms with Gasteiger partial charge in [0.2, 0.25) is 0 Å². The molecule has 0 saturated heterocycles. The van der Waals surface area contributed by atoms with Crippen LogP contribution >= 0.6 is 11.9 Å². The molecule has 2 nitrogen and oxygen atoms in total. The van der Waals surface area contributed by atoms with Crippen molar-refractivity contribution in [3.63, 3.8) is 0 Å². The maximum Gasteiger partial charge on any atom is 0.120 e. The third kappa shape index (κ3) is 0.560. The smallest absolute Gasteiger partial charge is 0.120 e. The quantitative estimate of drug-likeness (QED) is 0.440. The Morgan fingerprint density at radius 1 is 1.80 bits per heavy atom. The largest absolute Gasteiger partial charge is 0.405 e. The lowest BCUT2D eigenvalue weighted by Crippen LogP contribution is -1.88. The monoisotopic (exact) mass is 89.0 g/mol. The van der Waals surface area contributed by atoms with E-state index >= 15 is 0 Å². The number of hydrogen-bond donors (Lipinski definition) is 1. The van der Waals surface area contributed by atoms with Crippen LogP contribution in [0.4, 0.5) is 0 Å². The first-order valence-electron chi connectivity index (χ1n) is 1.21. The maximum atomic E-state index is 4.48. The van der Waals surface area contributed by atoms with E-state index in [9.17, 15) is 0 Å². The van der Waals surface area contributed by atoms with Crippen LogP contribution in [0.15, 0.2) is 11.7 Å². The van der Waals surface area contributed by atoms with Crippen molar-refractivity contribution in [1.82, 2.24) is 4.89 Å². The Kier molecular flexibility index (Phi) is 0.813. The van der Waals surface area contributed by atoms with Crippen LogP contribution in [0.1, 0.15) is 0 Å². The Balaban J connectivity index is 2.32. The summed E-state index contributed by atoms with van der Waals surface area (Å²) in [5.74, 6) is 0. The lowest BCUT2D eigenvalue weighted by atomic mass is 11.2. The van der Waals surface area contributed by atoms with Crippen molar-refractivity contribution in [3.05, 3.63) is 11.7 Å². The molecule has 0 saturated carbocycles. The molecular weight excluding hydrogens is 86.1 g/mol. The highest BCUT2D eigenvalue weighted by atomic mass is 32.2. The van der Waals surface area contributed by atoms with Gasteiger partial charge in [-0.25, -0.2) is 0 Å². The average Bonchev–Trinajstić information content (AvgIpc) is 1.76. The normalized spacial score (nSPS) is 19.2. The van der Waals surface area contributed by atoms with Gasteiger partial charge >= 0.3 is 0 Å². The molecule has 1 aliphatic rings. The van der Waals surface area contributed by atoms with Crippen molar-refractivity contribution in [3.8, 4) is 0 Å². The van der Waals surface area contributed by atoms with E-state index < -0.39 is 0 Å². The van der Waals surface area contributed by atoms with Gasteiger partial charge in [-0.05, 0) is 11.9 Å². The maximum absolute atomic E-state index is 4.48. The highest BCUT2D eigenvalue weighted by Crippen LogP contribution is 2.00. The molecule has 0 fully saturated rings. The Morgan fingerprint density at radius 3 is 3.00 bits per heavy atom. The molecule has 1 rings (SSSR count). The Labute approximate surface area is 34.3 Å². The van der Waals surface area contributed by atoms with E-state index in [0.717, 1.165) is 0 Å². The third-order valence-corrected chi connectivity index (χ3v) is 0.728. The van der Waals surface area contributed by atoms with Crippen LogP contribution in [0, 0.1) is 0 Å². The van der Waals surface area contributed by atoms with Crippen LogP contribution in [0.3, 0.4) is 0 Å². The van der Waals surface area contributed by atoms with Gasteiger partial charge < -0.3 is 4.84 Å². The second kappa shape index (κ2) is 1.33. The van der Waals surface area contributed by atoms with Gasteiger partial charge in [0.05, 0.1) is 0 Å². The Bertz CT molecular complexity index is 47.6. The minimum absolute atomic E-state index is 1.42. The van der Waals surface area contributed by atoms with Crippen molar-refractivity contribution in [2.45, 2.75) is 0 Å². The van der Waals surface area contributed by atoms with Gasteiger partial charge in [0, 0.05) is 5.41 Å². The summed E-state index contributed by atoms with van der Waals surface area (Å²) in [6.45, 7) is 0. The molecule has 0 aromatic heterocycles. The summed E-state index contributed by atoms with van der Waals surface area (Å²) in [5, 5.41) is 1.82. The van der Waals surface area contributed by atoms with Crippen LogP contribution in [-0.4, -0.2) is 0 Å². The molecule has 3 heteroatoms. The summed E-state index contributed by atoms with van der Waals surface area (Å²) in [7, 11) is 0. The van der Waals surface area contributed by atoms with Gasteiger partial charge in [-0.2, -0.15) is 0 Å². The standard InChI is InChI=1S/C2H3NOS/c1-2-5-3-4-1/h1-3H. The molecule has 0 spiro atoms. The summed E-state index contributed by atoms with van der Waals surface area (Å²) in [5.41, 5.74) is 0. The van der Waals surface area contributed by atoms with Gasteiger partial charge in [0.15, 0.2) is 0 Å². The molecular formula is C2H3NOS. The van der Waals surface area contributed by atoms with Crippen molar-refractivity contribution in [1.29, 1.82) is 0 Å². The first kappa shape index (κ1) is 3.06. The fourth-order valence-corrected chi connectivity index (χ4v) is 0.417. The first-order chi connectivity index (χ1) is 2.50. The number of rotatable bonds is 0. The minimum Gasteiger partial charge on any atom is -0.405 e. The first-order valence-corrected chi connectivity index (χ1v) is 2.09. The summed E-state index contributed by atoms with van der Waals surface area (Å²) in [4.78, 5) is 7.00. The Morgan fingerprint density at radius 2 is 2.80 bits per heavy atom. The van der Waals surface area contributed by atoms with E-state index in [2.05, 4.69) is 9.72 Å². The number of nitrogens with one attached hydrogen (secondary N) is 1. The molecule has 0 atom stereocenters. The number of hydrogen-bond acceptors (Lipinski definition) is 3. The van der Waals surface area contributed by atoms with Crippen LogP contribution in [-0.2, 0) is 4.84 Å². The molecule has 1 heterocycles. The molecule has 1 N–H and O–H groups in total.